The highest BCUT2D eigenvalue weighted by atomic mass is 16.3. The van der Waals surface area contributed by atoms with Crippen molar-refractivity contribution >= 4 is 11.7 Å². The van der Waals surface area contributed by atoms with Gasteiger partial charge < -0.3 is 10.0 Å². The molecule has 0 aromatic heterocycles. The number of carbonyl (C=O) groups excluding carboxylic acids is 2. The maximum absolute atomic E-state index is 13.0. The molecule has 0 fully saturated rings. The zero-order chi connectivity index (χ0) is 19.9. The van der Waals surface area contributed by atoms with E-state index >= 15 is 0 Å². The number of Topliss-reactive ketones (excluding diaryl/α,β-unsaturated/α-hetero) is 1. The predicted molar refractivity (Wildman–Crippen MR) is 104 cm³/mol. The third-order valence-corrected chi connectivity index (χ3v) is 4.79. The van der Waals surface area contributed by atoms with Crippen molar-refractivity contribution in [2.24, 2.45) is 5.41 Å². The summed E-state index contributed by atoms with van der Waals surface area (Å²) in [6.45, 7) is 14.3. The van der Waals surface area contributed by atoms with Crippen LogP contribution < -0.4 is 0 Å². The van der Waals surface area contributed by atoms with E-state index in [0.717, 1.165) is 12.0 Å². The van der Waals surface area contributed by atoms with Crippen LogP contribution in [0.2, 0.25) is 0 Å². The van der Waals surface area contributed by atoms with Crippen LogP contribution in [0.15, 0.2) is 35.6 Å². The molecule has 0 spiro atoms. The minimum absolute atomic E-state index is 0.0230. The van der Waals surface area contributed by atoms with E-state index in [-0.39, 0.29) is 16.8 Å². The third kappa shape index (κ3) is 3.69. The summed E-state index contributed by atoms with van der Waals surface area (Å²) in [7, 11) is 0. The van der Waals surface area contributed by atoms with Gasteiger partial charge in [-0.25, -0.2) is 0 Å². The molecule has 4 nitrogen and oxygen atoms in total. The number of aliphatic hydroxyl groups is 1. The molecule has 1 aliphatic rings. The monoisotopic (exact) mass is 357 g/mol. The Morgan fingerprint density at radius 3 is 2.04 bits per heavy atom. The molecule has 0 saturated heterocycles. The fraction of sp³-hybridized carbons (Fsp3) is 0.545. The van der Waals surface area contributed by atoms with E-state index in [1.165, 1.54) is 5.56 Å². The fourth-order valence-corrected chi connectivity index (χ4v) is 3.27. The van der Waals surface area contributed by atoms with Gasteiger partial charge in [0.15, 0.2) is 11.5 Å². The molecule has 1 N–H and O–H groups in total. The first kappa shape index (κ1) is 20.2. The number of carbonyl (C=O) groups is 2. The molecule has 2 rings (SSSR count). The molecule has 0 saturated carbocycles. The standard InChI is InChI=1S/C22H31NO3/c1-8-13-23-17(14-9-11-15(12-10-14)21(2,3)4)16(18(24)20(23)26)19(25)22(5,6)7/h9-12,17,24H,8,13H2,1-7H3. The number of hydrogen-bond donors (Lipinski definition) is 1. The second kappa shape index (κ2) is 6.90. The van der Waals surface area contributed by atoms with Gasteiger partial charge in [0.05, 0.1) is 11.6 Å². The molecular weight excluding hydrogens is 326 g/mol. The molecule has 1 aliphatic heterocycles. The van der Waals surface area contributed by atoms with Crippen LogP contribution in [-0.4, -0.2) is 28.2 Å². The summed E-state index contributed by atoms with van der Waals surface area (Å²) < 4.78 is 0. The van der Waals surface area contributed by atoms with Gasteiger partial charge in [-0.05, 0) is 23.0 Å². The summed E-state index contributed by atoms with van der Waals surface area (Å²) >= 11 is 0. The highest BCUT2D eigenvalue weighted by Gasteiger charge is 2.45. The van der Waals surface area contributed by atoms with Crippen LogP contribution in [0, 0.1) is 5.41 Å². The minimum atomic E-state index is -0.671. The minimum Gasteiger partial charge on any atom is -0.503 e. The number of aliphatic hydroxyl groups excluding tert-OH is 1. The van der Waals surface area contributed by atoms with Gasteiger partial charge in [0.2, 0.25) is 0 Å². The molecule has 4 heteroatoms. The second-order valence-electron chi connectivity index (χ2n) is 9.11. The van der Waals surface area contributed by atoms with Gasteiger partial charge in [-0.2, -0.15) is 0 Å². The molecule has 0 aliphatic carbocycles. The first-order chi connectivity index (χ1) is 11.9. The molecular formula is C22H31NO3. The average Bonchev–Trinajstić information content (AvgIpc) is 2.78. The molecule has 1 amide bonds. The Kier molecular flexibility index (Phi) is 5.36. The summed E-state index contributed by atoms with van der Waals surface area (Å²) in [5, 5.41) is 10.5. The van der Waals surface area contributed by atoms with Crippen molar-refractivity contribution in [3.05, 3.63) is 46.7 Å². The van der Waals surface area contributed by atoms with Crippen LogP contribution >= 0.6 is 0 Å². The number of benzene rings is 1. The Bertz CT molecular complexity index is 730. The zero-order valence-corrected chi connectivity index (χ0v) is 17.0. The first-order valence-corrected chi connectivity index (χ1v) is 9.29. The predicted octanol–water partition coefficient (Wildman–Crippen LogP) is 4.70. The van der Waals surface area contributed by atoms with Crippen molar-refractivity contribution in [3.8, 4) is 0 Å². The Morgan fingerprint density at radius 1 is 1.08 bits per heavy atom. The van der Waals surface area contributed by atoms with Crippen LogP contribution in [-0.2, 0) is 15.0 Å². The van der Waals surface area contributed by atoms with Crippen molar-refractivity contribution < 1.29 is 14.7 Å². The lowest BCUT2D eigenvalue weighted by Crippen LogP contribution is -2.33. The summed E-state index contributed by atoms with van der Waals surface area (Å²) in [4.78, 5) is 27.2. The molecule has 1 atom stereocenters. The molecule has 0 bridgehead atoms. The van der Waals surface area contributed by atoms with E-state index in [2.05, 4.69) is 20.8 Å². The zero-order valence-electron chi connectivity index (χ0n) is 17.0. The number of nitrogens with zero attached hydrogens (tertiary/aromatic N) is 1. The van der Waals surface area contributed by atoms with Gasteiger partial charge in [0.25, 0.3) is 5.91 Å². The van der Waals surface area contributed by atoms with E-state index in [1.807, 2.05) is 52.0 Å². The quantitative estimate of drug-likeness (QED) is 0.849. The van der Waals surface area contributed by atoms with Gasteiger partial charge in [-0.1, -0.05) is 72.7 Å². The van der Waals surface area contributed by atoms with E-state index in [9.17, 15) is 14.7 Å². The van der Waals surface area contributed by atoms with Crippen molar-refractivity contribution in [1.82, 2.24) is 4.90 Å². The van der Waals surface area contributed by atoms with Crippen molar-refractivity contribution in [2.45, 2.75) is 66.3 Å². The van der Waals surface area contributed by atoms with E-state index in [0.29, 0.717) is 6.54 Å². The number of rotatable bonds is 4. The fourth-order valence-electron chi connectivity index (χ4n) is 3.27. The smallest absolute Gasteiger partial charge is 0.290 e. The Balaban J connectivity index is 2.56. The second-order valence-corrected chi connectivity index (χ2v) is 9.11. The molecule has 0 radical (unpaired) electrons. The van der Waals surface area contributed by atoms with Crippen LogP contribution in [0.3, 0.4) is 0 Å². The van der Waals surface area contributed by atoms with Crippen LogP contribution in [0.1, 0.15) is 72.1 Å². The highest BCUT2D eigenvalue weighted by Crippen LogP contribution is 2.41. The lowest BCUT2D eigenvalue weighted by molar-refractivity contribution is -0.129. The summed E-state index contributed by atoms with van der Waals surface area (Å²) in [5.41, 5.74) is 1.62. The lowest BCUT2D eigenvalue weighted by Gasteiger charge is -2.29. The number of ketones is 1. The topological polar surface area (TPSA) is 57.6 Å². The molecule has 1 aromatic rings. The van der Waals surface area contributed by atoms with Gasteiger partial charge >= 0.3 is 0 Å². The maximum atomic E-state index is 13.0. The number of hydrogen-bond acceptors (Lipinski definition) is 3. The third-order valence-electron chi connectivity index (χ3n) is 4.79. The number of amides is 1. The highest BCUT2D eigenvalue weighted by molar-refractivity contribution is 6.10. The van der Waals surface area contributed by atoms with Gasteiger partial charge in [-0.15, -0.1) is 0 Å². The van der Waals surface area contributed by atoms with E-state index in [1.54, 1.807) is 4.90 Å². The maximum Gasteiger partial charge on any atom is 0.290 e. The van der Waals surface area contributed by atoms with Crippen LogP contribution in [0.25, 0.3) is 0 Å². The molecule has 1 heterocycles. The van der Waals surface area contributed by atoms with Crippen molar-refractivity contribution in [1.29, 1.82) is 0 Å². The van der Waals surface area contributed by atoms with Crippen molar-refractivity contribution in [2.75, 3.05) is 6.54 Å². The molecule has 1 unspecified atom stereocenters. The largest absolute Gasteiger partial charge is 0.503 e. The first-order valence-electron chi connectivity index (χ1n) is 9.29. The van der Waals surface area contributed by atoms with Crippen LogP contribution in [0.4, 0.5) is 0 Å². The Labute approximate surface area is 156 Å². The average molecular weight is 357 g/mol. The van der Waals surface area contributed by atoms with Gasteiger partial charge in [0, 0.05) is 12.0 Å². The summed E-state index contributed by atoms with van der Waals surface area (Å²) in [6.07, 6.45) is 0.757. The lowest BCUT2D eigenvalue weighted by atomic mass is 9.81. The van der Waals surface area contributed by atoms with Gasteiger partial charge in [0.1, 0.15) is 0 Å². The Morgan fingerprint density at radius 2 is 1.62 bits per heavy atom. The Hall–Kier alpha value is -2.10. The SMILES string of the molecule is CCCN1C(=O)C(O)=C(C(=O)C(C)(C)C)C1c1ccc(C(C)(C)C)cc1. The van der Waals surface area contributed by atoms with Gasteiger partial charge in [-0.3, -0.25) is 9.59 Å². The molecule has 1 aromatic carbocycles. The van der Waals surface area contributed by atoms with E-state index in [4.69, 9.17) is 0 Å². The normalized spacial score (nSPS) is 18.7. The summed E-state index contributed by atoms with van der Waals surface area (Å²) in [5.74, 6) is -1.04. The molecule has 26 heavy (non-hydrogen) atoms. The van der Waals surface area contributed by atoms with E-state index < -0.39 is 23.1 Å². The van der Waals surface area contributed by atoms with Crippen LogP contribution in [0.5, 0.6) is 0 Å². The summed E-state index contributed by atoms with van der Waals surface area (Å²) in [6, 6.07) is 7.49. The van der Waals surface area contributed by atoms with Crippen molar-refractivity contribution in [3.63, 3.8) is 0 Å². The molecule has 142 valence electrons.